The average molecular weight is 242 g/mol. The number of amides is 1. The summed E-state index contributed by atoms with van der Waals surface area (Å²) in [6, 6.07) is 0. The van der Waals surface area contributed by atoms with Crippen LogP contribution in [-0.2, 0) is 9.59 Å². The molecule has 0 aliphatic heterocycles. The molecule has 0 bridgehead atoms. The first-order valence-electron chi connectivity index (χ1n) is 6.54. The third-order valence-electron chi connectivity index (χ3n) is 2.93. The van der Waals surface area contributed by atoms with Crippen molar-refractivity contribution in [3.63, 3.8) is 0 Å². The molecule has 0 rings (SSSR count). The van der Waals surface area contributed by atoms with Gasteiger partial charge in [-0.15, -0.1) is 0 Å². The second kappa shape index (κ2) is 9.16. The van der Waals surface area contributed by atoms with E-state index in [0.29, 0.717) is 6.54 Å². The van der Waals surface area contributed by atoms with Crippen molar-refractivity contribution in [2.45, 2.75) is 40.5 Å². The minimum absolute atomic E-state index is 0.0408. The summed E-state index contributed by atoms with van der Waals surface area (Å²) in [5.41, 5.74) is 0. The first kappa shape index (κ1) is 16.1. The molecule has 0 unspecified atom stereocenters. The van der Waals surface area contributed by atoms with Gasteiger partial charge in [0.05, 0.1) is 6.42 Å². The van der Waals surface area contributed by atoms with E-state index in [0.717, 1.165) is 32.6 Å². The minimum Gasteiger partial charge on any atom is -0.343 e. The van der Waals surface area contributed by atoms with Crippen molar-refractivity contribution in [1.82, 2.24) is 9.80 Å². The Balaban J connectivity index is 3.97. The molecule has 0 saturated carbocycles. The van der Waals surface area contributed by atoms with Crippen LogP contribution in [0.25, 0.3) is 0 Å². The van der Waals surface area contributed by atoms with E-state index in [1.54, 1.807) is 4.90 Å². The molecule has 0 aromatic rings. The number of ketones is 1. The zero-order chi connectivity index (χ0) is 13.3. The Morgan fingerprint density at radius 2 is 1.53 bits per heavy atom. The molecule has 0 saturated heterocycles. The van der Waals surface area contributed by atoms with Gasteiger partial charge in [0.25, 0.3) is 0 Å². The smallest absolute Gasteiger partial charge is 0.229 e. The number of hydrogen-bond donors (Lipinski definition) is 0. The van der Waals surface area contributed by atoms with E-state index in [1.807, 2.05) is 6.92 Å². The van der Waals surface area contributed by atoms with Crippen molar-refractivity contribution in [2.24, 2.45) is 0 Å². The molecule has 0 atom stereocenters. The summed E-state index contributed by atoms with van der Waals surface area (Å²) in [6.45, 7) is 12.2. The predicted octanol–water partition coefficient (Wildman–Crippen LogP) is 1.55. The maximum atomic E-state index is 11.7. The molecule has 0 radical (unpaired) electrons. The highest BCUT2D eigenvalue weighted by molar-refractivity contribution is 5.96. The van der Waals surface area contributed by atoms with E-state index in [-0.39, 0.29) is 18.1 Å². The summed E-state index contributed by atoms with van der Waals surface area (Å²) in [5, 5.41) is 0. The van der Waals surface area contributed by atoms with Gasteiger partial charge in [-0.1, -0.05) is 13.8 Å². The Bertz CT molecular complexity index is 238. The van der Waals surface area contributed by atoms with Crippen LogP contribution in [0.5, 0.6) is 0 Å². The highest BCUT2D eigenvalue weighted by Crippen LogP contribution is 1.99. The Morgan fingerprint density at radius 3 is 1.94 bits per heavy atom. The van der Waals surface area contributed by atoms with Gasteiger partial charge in [-0.05, 0) is 39.9 Å². The van der Waals surface area contributed by atoms with E-state index >= 15 is 0 Å². The molecule has 0 spiro atoms. The molecule has 0 aromatic carbocycles. The number of carbonyl (C=O) groups excluding carboxylic acids is 2. The van der Waals surface area contributed by atoms with Crippen molar-refractivity contribution < 1.29 is 9.59 Å². The molecule has 0 N–H and O–H groups in total. The molecule has 17 heavy (non-hydrogen) atoms. The molecular formula is C13H26N2O2. The Kier molecular flexibility index (Phi) is 8.68. The van der Waals surface area contributed by atoms with Gasteiger partial charge in [0.15, 0.2) is 0 Å². The molecule has 0 aliphatic carbocycles. The van der Waals surface area contributed by atoms with Crippen LogP contribution in [0, 0.1) is 0 Å². The Hall–Kier alpha value is -0.900. The third kappa shape index (κ3) is 7.10. The lowest BCUT2D eigenvalue weighted by Gasteiger charge is -2.23. The molecule has 0 fully saturated rings. The molecule has 100 valence electrons. The fourth-order valence-corrected chi connectivity index (χ4v) is 1.81. The average Bonchev–Trinajstić information content (AvgIpc) is 2.28. The van der Waals surface area contributed by atoms with Crippen LogP contribution < -0.4 is 0 Å². The van der Waals surface area contributed by atoms with Crippen molar-refractivity contribution in [1.29, 1.82) is 0 Å². The van der Waals surface area contributed by atoms with E-state index in [2.05, 4.69) is 18.7 Å². The van der Waals surface area contributed by atoms with E-state index in [9.17, 15) is 9.59 Å². The molecular weight excluding hydrogens is 216 g/mol. The summed E-state index contributed by atoms with van der Waals surface area (Å²) < 4.78 is 0. The number of Topliss-reactive ketones (excluding diaryl/α,β-unsaturated/α-hetero) is 1. The predicted molar refractivity (Wildman–Crippen MR) is 70.0 cm³/mol. The summed E-state index contributed by atoms with van der Waals surface area (Å²) in [7, 11) is 0. The van der Waals surface area contributed by atoms with Crippen molar-refractivity contribution in [3.8, 4) is 0 Å². The number of carbonyl (C=O) groups is 2. The van der Waals surface area contributed by atoms with Crippen LogP contribution in [0.1, 0.15) is 40.5 Å². The molecule has 0 aliphatic rings. The van der Waals surface area contributed by atoms with Crippen LogP contribution in [0.2, 0.25) is 0 Å². The van der Waals surface area contributed by atoms with E-state index in [4.69, 9.17) is 0 Å². The second-order valence-corrected chi connectivity index (χ2v) is 4.23. The van der Waals surface area contributed by atoms with Crippen LogP contribution in [0.15, 0.2) is 0 Å². The lowest BCUT2D eigenvalue weighted by Crippen LogP contribution is -2.35. The van der Waals surface area contributed by atoms with Crippen molar-refractivity contribution in [2.75, 3.05) is 32.7 Å². The number of rotatable bonds is 9. The SMILES string of the molecule is CCN(CC)CCCN(CC)C(=O)CC(C)=O. The molecule has 0 heterocycles. The lowest BCUT2D eigenvalue weighted by atomic mass is 10.2. The van der Waals surface area contributed by atoms with Gasteiger partial charge in [0.1, 0.15) is 5.78 Å². The Morgan fingerprint density at radius 1 is 0.941 bits per heavy atom. The Labute approximate surface area is 105 Å². The number of hydrogen-bond acceptors (Lipinski definition) is 3. The van der Waals surface area contributed by atoms with Crippen LogP contribution in [0.4, 0.5) is 0 Å². The summed E-state index contributed by atoms with van der Waals surface area (Å²) >= 11 is 0. The molecule has 4 heteroatoms. The molecule has 0 aromatic heterocycles. The summed E-state index contributed by atoms with van der Waals surface area (Å²) in [6.07, 6.45) is 1.01. The number of nitrogens with zero attached hydrogens (tertiary/aromatic N) is 2. The molecule has 1 amide bonds. The minimum atomic E-state index is -0.0582. The van der Waals surface area contributed by atoms with Crippen molar-refractivity contribution in [3.05, 3.63) is 0 Å². The van der Waals surface area contributed by atoms with Gasteiger partial charge in [-0.25, -0.2) is 0 Å². The van der Waals surface area contributed by atoms with Gasteiger partial charge in [0.2, 0.25) is 5.91 Å². The standard InChI is InChI=1S/C13H26N2O2/c1-5-14(6-2)9-8-10-15(7-3)13(17)11-12(4)16/h5-11H2,1-4H3. The van der Waals surface area contributed by atoms with E-state index in [1.165, 1.54) is 6.92 Å². The quantitative estimate of drug-likeness (QED) is 0.576. The van der Waals surface area contributed by atoms with Gasteiger partial charge in [0, 0.05) is 13.1 Å². The lowest BCUT2D eigenvalue weighted by molar-refractivity contribution is -0.134. The summed E-state index contributed by atoms with van der Waals surface area (Å²) in [5.74, 6) is -0.100. The van der Waals surface area contributed by atoms with Crippen LogP contribution in [0.3, 0.4) is 0 Å². The van der Waals surface area contributed by atoms with Crippen LogP contribution >= 0.6 is 0 Å². The maximum absolute atomic E-state index is 11.7. The van der Waals surface area contributed by atoms with Crippen molar-refractivity contribution >= 4 is 11.7 Å². The third-order valence-corrected chi connectivity index (χ3v) is 2.93. The maximum Gasteiger partial charge on any atom is 0.229 e. The van der Waals surface area contributed by atoms with Gasteiger partial charge in [-0.3, -0.25) is 9.59 Å². The fraction of sp³-hybridized carbons (Fsp3) is 0.846. The highest BCUT2D eigenvalue weighted by Gasteiger charge is 2.13. The topological polar surface area (TPSA) is 40.6 Å². The normalized spacial score (nSPS) is 10.6. The van der Waals surface area contributed by atoms with Gasteiger partial charge in [-0.2, -0.15) is 0 Å². The largest absolute Gasteiger partial charge is 0.343 e. The fourth-order valence-electron chi connectivity index (χ4n) is 1.81. The van der Waals surface area contributed by atoms with Gasteiger partial charge < -0.3 is 9.80 Å². The summed E-state index contributed by atoms with van der Waals surface area (Å²) in [4.78, 5) is 26.7. The van der Waals surface area contributed by atoms with E-state index < -0.39 is 0 Å². The highest BCUT2D eigenvalue weighted by atomic mass is 16.2. The molecule has 4 nitrogen and oxygen atoms in total. The second-order valence-electron chi connectivity index (χ2n) is 4.23. The zero-order valence-corrected chi connectivity index (χ0v) is 11.7. The zero-order valence-electron chi connectivity index (χ0n) is 11.7. The monoisotopic (exact) mass is 242 g/mol. The van der Waals surface area contributed by atoms with Crippen LogP contribution in [-0.4, -0.2) is 54.2 Å². The first-order valence-corrected chi connectivity index (χ1v) is 6.54. The van der Waals surface area contributed by atoms with Gasteiger partial charge >= 0.3 is 0 Å². The first-order chi connectivity index (χ1) is 8.04.